The highest BCUT2D eigenvalue weighted by atomic mass is 35.5. The van der Waals surface area contributed by atoms with E-state index in [0.717, 1.165) is 5.56 Å². The zero-order valence-electron chi connectivity index (χ0n) is 14.2. The standard InChI is InChI=1S/C16H13ClN6O3S2/c17-12-7-13(27-9-10-4-2-1-3-5-10)14(28(19,24)25)6-11(12)16-22-21-15(26-16)8-20-23-18/h1-7H,8-9H2,(H2,19,24,25). The number of benzene rings is 2. The van der Waals surface area contributed by atoms with Crippen molar-refractivity contribution < 1.29 is 12.8 Å². The molecule has 0 atom stereocenters. The minimum absolute atomic E-state index is 0.00218. The lowest BCUT2D eigenvalue weighted by atomic mass is 10.2. The molecule has 144 valence electrons. The van der Waals surface area contributed by atoms with Crippen LogP contribution in [0.15, 0.2) is 61.8 Å². The first-order valence-electron chi connectivity index (χ1n) is 7.75. The zero-order chi connectivity index (χ0) is 20.1. The third-order valence-electron chi connectivity index (χ3n) is 3.54. The van der Waals surface area contributed by atoms with Crippen molar-refractivity contribution in [2.24, 2.45) is 10.3 Å². The number of thioether (sulfide) groups is 1. The van der Waals surface area contributed by atoms with Crippen LogP contribution in [-0.4, -0.2) is 18.6 Å². The van der Waals surface area contributed by atoms with Gasteiger partial charge in [0.1, 0.15) is 6.54 Å². The number of halogens is 1. The molecule has 12 heteroatoms. The monoisotopic (exact) mass is 436 g/mol. The normalized spacial score (nSPS) is 11.2. The van der Waals surface area contributed by atoms with Crippen molar-refractivity contribution in [1.82, 2.24) is 10.2 Å². The Kier molecular flexibility index (Phi) is 6.22. The Morgan fingerprint density at radius 2 is 2.00 bits per heavy atom. The smallest absolute Gasteiger partial charge is 0.249 e. The topological polar surface area (TPSA) is 148 Å². The highest BCUT2D eigenvalue weighted by Gasteiger charge is 2.21. The third-order valence-corrected chi connectivity index (χ3v) is 6.06. The predicted molar refractivity (Wildman–Crippen MR) is 105 cm³/mol. The molecule has 0 unspecified atom stereocenters. The van der Waals surface area contributed by atoms with Gasteiger partial charge in [-0.05, 0) is 23.2 Å². The van der Waals surface area contributed by atoms with E-state index in [2.05, 4.69) is 20.2 Å². The van der Waals surface area contributed by atoms with Crippen LogP contribution < -0.4 is 5.14 Å². The molecule has 2 N–H and O–H groups in total. The van der Waals surface area contributed by atoms with Gasteiger partial charge in [0, 0.05) is 15.6 Å². The maximum Gasteiger partial charge on any atom is 0.249 e. The van der Waals surface area contributed by atoms with E-state index in [9.17, 15) is 8.42 Å². The first kappa shape index (κ1) is 20.2. The Hall–Kier alpha value is -2.56. The van der Waals surface area contributed by atoms with Gasteiger partial charge in [-0.2, -0.15) is 0 Å². The molecule has 1 heterocycles. The molecule has 28 heavy (non-hydrogen) atoms. The molecule has 0 amide bonds. The van der Waals surface area contributed by atoms with Crippen LogP contribution in [0.3, 0.4) is 0 Å². The first-order chi connectivity index (χ1) is 13.4. The Balaban J connectivity index is 1.97. The van der Waals surface area contributed by atoms with Gasteiger partial charge in [0.2, 0.25) is 21.8 Å². The van der Waals surface area contributed by atoms with E-state index in [1.165, 1.54) is 23.9 Å². The number of nitrogens with two attached hydrogens (primary N) is 1. The molecule has 3 aromatic rings. The summed E-state index contributed by atoms with van der Waals surface area (Å²) in [6.45, 7) is -0.131. The van der Waals surface area contributed by atoms with Gasteiger partial charge in [-0.1, -0.05) is 47.0 Å². The molecule has 1 aromatic heterocycles. The van der Waals surface area contributed by atoms with E-state index in [4.69, 9.17) is 26.7 Å². The van der Waals surface area contributed by atoms with Crippen molar-refractivity contribution in [3.05, 3.63) is 69.4 Å². The van der Waals surface area contributed by atoms with Crippen molar-refractivity contribution in [3.8, 4) is 11.5 Å². The van der Waals surface area contributed by atoms with E-state index in [1.54, 1.807) is 0 Å². The minimum Gasteiger partial charge on any atom is -0.421 e. The zero-order valence-corrected chi connectivity index (χ0v) is 16.6. The molecule has 0 bridgehead atoms. The van der Waals surface area contributed by atoms with Crippen LogP contribution in [0.1, 0.15) is 11.5 Å². The number of hydrogen-bond acceptors (Lipinski definition) is 7. The number of azide groups is 1. The lowest BCUT2D eigenvalue weighted by Gasteiger charge is -2.10. The summed E-state index contributed by atoms with van der Waals surface area (Å²) in [7, 11) is -4.03. The summed E-state index contributed by atoms with van der Waals surface area (Å²) in [5, 5.41) is 16.5. The number of nitrogens with zero attached hydrogens (tertiary/aromatic N) is 5. The van der Waals surface area contributed by atoms with Gasteiger partial charge in [0.15, 0.2) is 0 Å². The van der Waals surface area contributed by atoms with E-state index in [-0.39, 0.29) is 33.8 Å². The molecule has 3 rings (SSSR count). The fourth-order valence-electron chi connectivity index (χ4n) is 2.29. The van der Waals surface area contributed by atoms with Crippen LogP contribution >= 0.6 is 23.4 Å². The summed E-state index contributed by atoms with van der Waals surface area (Å²) in [6.07, 6.45) is 0. The maximum absolute atomic E-state index is 12.1. The summed E-state index contributed by atoms with van der Waals surface area (Å²) in [6, 6.07) is 12.4. The minimum atomic E-state index is -4.03. The molecule has 0 saturated carbocycles. The number of hydrogen-bond donors (Lipinski definition) is 1. The average Bonchev–Trinajstić information content (AvgIpc) is 3.13. The number of primary sulfonamides is 1. The summed E-state index contributed by atoms with van der Waals surface area (Å²) in [5.41, 5.74) is 9.59. The van der Waals surface area contributed by atoms with Gasteiger partial charge in [-0.25, -0.2) is 13.6 Å². The predicted octanol–water partition coefficient (Wildman–Crippen LogP) is 4.14. The second-order valence-corrected chi connectivity index (χ2v) is 8.44. The van der Waals surface area contributed by atoms with E-state index in [1.807, 2.05) is 30.3 Å². The Morgan fingerprint density at radius 1 is 1.25 bits per heavy atom. The molecular weight excluding hydrogens is 424 g/mol. The lowest BCUT2D eigenvalue weighted by molar-refractivity contribution is 0.508. The van der Waals surface area contributed by atoms with Crippen LogP contribution in [0.5, 0.6) is 0 Å². The quantitative estimate of drug-likeness (QED) is 0.254. The summed E-state index contributed by atoms with van der Waals surface area (Å²) in [4.78, 5) is 2.92. The molecule has 0 radical (unpaired) electrons. The van der Waals surface area contributed by atoms with Crippen LogP contribution in [0, 0.1) is 0 Å². The van der Waals surface area contributed by atoms with E-state index < -0.39 is 10.0 Å². The van der Waals surface area contributed by atoms with Crippen molar-refractivity contribution >= 4 is 33.4 Å². The fourth-order valence-corrected chi connectivity index (χ4v) is 4.66. The number of rotatable bonds is 7. The largest absolute Gasteiger partial charge is 0.421 e. The van der Waals surface area contributed by atoms with E-state index >= 15 is 0 Å². The molecule has 0 fully saturated rings. The molecule has 0 aliphatic rings. The summed E-state index contributed by atoms with van der Waals surface area (Å²) < 4.78 is 29.6. The van der Waals surface area contributed by atoms with Crippen molar-refractivity contribution in [1.29, 1.82) is 0 Å². The third kappa shape index (κ3) is 4.83. The average molecular weight is 437 g/mol. The van der Waals surface area contributed by atoms with Crippen LogP contribution in [0.4, 0.5) is 0 Å². The fraction of sp³-hybridized carbons (Fsp3) is 0.125. The molecular formula is C16H13ClN6O3S2. The van der Waals surface area contributed by atoms with Crippen molar-refractivity contribution in [2.75, 3.05) is 0 Å². The Morgan fingerprint density at radius 3 is 2.68 bits per heavy atom. The Bertz CT molecular complexity index is 1140. The molecule has 2 aromatic carbocycles. The highest BCUT2D eigenvalue weighted by molar-refractivity contribution is 7.99. The second-order valence-electron chi connectivity index (χ2n) is 5.49. The molecule has 0 spiro atoms. The van der Waals surface area contributed by atoms with E-state index in [0.29, 0.717) is 10.6 Å². The SMILES string of the molecule is [N-]=[N+]=NCc1nnc(-c2cc(S(N)(=O)=O)c(SCc3ccccc3)cc2Cl)o1. The van der Waals surface area contributed by atoms with Crippen molar-refractivity contribution in [2.45, 2.75) is 22.1 Å². The first-order valence-corrected chi connectivity index (χ1v) is 10.7. The van der Waals surface area contributed by atoms with Gasteiger partial charge < -0.3 is 4.42 Å². The maximum atomic E-state index is 12.1. The lowest BCUT2D eigenvalue weighted by Crippen LogP contribution is -2.13. The van der Waals surface area contributed by atoms with Crippen LogP contribution in [0.25, 0.3) is 21.9 Å². The van der Waals surface area contributed by atoms with Crippen LogP contribution in [0.2, 0.25) is 5.02 Å². The van der Waals surface area contributed by atoms with Gasteiger partial charge in [-0.15, -0.1) is 22.0 Å². The molecule has 0 aliphatic heterocycles. The molecule has 0 aliphatic carbocycles. The molecule has 0 saturated heterocycles. The highest BCUT2D eigenvalue weighted by Crippen LogP contribution is 2.37. The number of sulfonamides is 1. The van der Waals surface area contributed by atoms with Crippen LogP contribution in [-0.2, 0) is 22.3 Å². The van der Waals surface area contributed by atoms with Gasteiger partial charge in [0.05, 0.1) is 15.5 Å². The second kappa shape index (κ2) is 8.63. The van der Waals surface area contributed by atoms with Crippen molar-refractivity contribution in [3.63, 3.8) is 0 Å². The summed E-state index contributed by atoms with van der Waals surface area (Å²) in [5.74, 6) is 0.608. The van der Waals surface area contributed by atoms with Gasteiger partial charge in [-0.3, -0.25) is 0 Å². The summed E-state index contributed by atoms with van der Waals surface area (Å²) >= 11 is 7.62. The van der Waals surface area contributed by atoms with Gasteiger partial charge >= 0.3 is 0 Å². The number of aromatic nitrogens is 2. The van der Waals surface area contributed by atoms with Gasteiger partial charge in [0.25, 0.3) is 0 Å². The Labute approximate surface area is 169 Å². The molecule has 9 nitrogen and oxygen atoms in total.